The van der Waals surface area contributed by atoms with Crippen LogP contribution < -0.4 is 0 Å². The molecule has 0 bridgehead atoms. The summed E-state index contributed by atoms with van der Waals surface area (Å²) in [6, 6.07) is 5.21. The number of carboxylic acid groups (broad SMARTS) is 1. The molecule has 0 saturated carbocycles. The van der Waals surface area contributed by atoms with Gasteiger partial charge >= 0.3 is 5.97 Å². The highest BCUT2D eigenvalue weighted by Gasteiger charge is 2.43. The van der Waals surface area contributed by atoms with Crippen LogP contribution in [0.4, 0.5) is 0 Å². The van der Waals surface area contributed by atoms with Crippen LogP contribution in [-0.4, -0.2) is 47.6 Å². The van der Waals surface area contributed by atoms with Crippen LogP contribution in [-0.2, 0) is 20.2 Å². The first-order chi connectivity index (χ1) is 10.0. The number of hydrogen-bond donors (Lipinski definition) is 2. The van der Waals surface area contributed by atoms with E-state index in [2.05, 4.69) is 0 Å². The molecule has 122 valence electrons. The van der Waals surface area contributed by atoms with Gasteiger partial charge in [-0.2, -0.15) is 4.31 Å². The summed E-state index contributed by atoms with van der Waals surface area (Å²) in [5.74, 6) is -1.24. The molecule has 6 nitrogen and oxygen atoms in total. The second-order valence-electron chi connectivity index (χ2n) is 6.59. The number of aliphatic hydroxyl groups is 1. The predicted octanol–water partition coefficient (Wildman–Crippen LogP) is 1.19. The number of hydrogen-bond acceptors (Lipinski definition) is 4. The molecule has 22 heavy (non-hydrogen) atoms. The van der Waals surface area contributed by atoms with Crippen molar-refractivity contribution in [3.05, 3.63) is 29.8 Å². The SMILES string of the molecule is CC(C)(C)c1ccc(S(=O)(=O)N2C[C@H](O)C[C@H]2C(=O)O)cc1. The number of nitrogens with zero attached hydrogens (tertiary/aromatic N) is 1. The Morgan fingerprint density at radius 2 is 1.77 bits per heavy atom. The topological polar surface area (TPSA) is 94.9 Å². The van der Waals surface area contributed by atoms with E-state index in [9.17, 15) is 18.3 Å². The normalized spacial score (nSPS) is 23.6. The molecule has 7 heteroatoms. The molecule has 0 aliphatic carbocycles. The highest BCUT2D eigenvalue weighted by Crippen LogP contribution is 2.28. The summed E-state index contributed by atoms with van der Waals surface area (Å²) in [5.41, 5.74) is 0.887. The Labute approximate surface area is 130 Å². The van der Waals surface area contributed by atoms with E-state index in [-0.39, 0.29) is 23.3 Å². The van der Waals surface area contributed by atoms with E-state index in [0.717, 1.165) is 9.87 Å². The summed E-state index contributed by atoms with van der Waals surface area (Å²) in [5, 5.41) is 18.8. The lowest BCUT2D eigenvalue weighted by Crippen LogP contribution is -2.40. The van der Waals surface area contributed by atoms with Gasteiger partial charge in [0.15, 0.2) is 0 Å². The first-order valence-electron chi connectivity index (χ1n) is 7.07. The Kier molecular flexibility index (Phi) is 4.34. The van der Waals surface area contributed by atoms with Crippen LogP contribution in [0.5, 0.6) is 0 Å². The highest BCUT2D eigenvalue weighted by molar-refractivity contribution is 7.89. The van der Waals surface area contributed by atoms with Crippen LogP contribution in [0.3, 0.4) is 0 Å². The number of carboxylic acids is 1. The van der Waals surface area contributed by atoms with Gasteiger partial charge in [0.25, 0.3) is 0 Å². The van der Waals surface area contributed by atoms with Crippen LogP contribution in [0.1, 0.15) is 32.8 Å². The van der Waals surface area contributed by atoms with Crippen LogP contribution >= 0.6 is 0 Å². The van der Waals surface area contributed by atoms with Gasteiger partial charge in [-0.15, -0.1) is 0 Å². The van der Waals surface area contributed by atoms with E-state index >= 15 is 0 Å². The number of benzene rings is 1. The van der Waals surface area contributed by atoms with Crippen molar-refractivity contribution in [3.63, 3.8) is 0 Å². The Bertz CT molecular complexity index is 660. The molecule has 1 aliphatic rings. The van der Waals surface area contributed by atoms with Crippen molar-refractivity contribution in [2.24, 2.45) is 0 Å². The minimum Gasteiger partial charge on any atom is -0.480 e. The Morgan fingerprint density at radius 1 is 1.23 bits per heavy atom. The molecule has 1 aromatic rings. The zero-order chi connectivity index (χ0) is 16.7. The maximum Gasteiger partial charge on any atom is 0.322 e. The lowest BCUT2D eigenvalue weighted by molar-refractivity contribution is -0.140. The van der Waals surface area contributed by atoms with E-state index in [1.807, 2.05) is 20.8 Å². The van der Waals surface area contributed by atoms with Crippen molar-refractivity contribution < 1.29 is 23.4 Å². The van der Waals surface area contributed by atoms with Gasteiger partial charge in [0.2, 0.25) is 10.0 Å². The molecule has 0 radical (unpaired) electrons. The quantitative estimate of drug-likeness (QED) is 0.869. The average molecular weight is 327 g/mol. The molecular weight excluding hydrogens is 306 g/mol. The predicted molar refractivity (Wildman–Crippen MR) is 81.1 cm³/mol. The number of carbonyl (C=O) groups is 1. The molecule has 2 N–H and O–H groups in total. The van der Waals surface area contributed by atoms with Gasteiger partial charge < -0.3 is 10.2 Å². The monoisotopic (exact) mass is 327 g/mol. The lowest BCUT2D eigenvalue weighted by Gasteiger charge is -2.22. The third-order valence-electron chi connectivity index (χ3n) is 3.85. The largest absolute Gasteiger partial charge is 0.480 e. The minimum atomic E-state index is -3.94. The Morgan fingerprint density at radius 3 is 2.23 bits per heavy atom. The molecule has 0 aromatic heterocycles. The second-order valence-corrected chi connectivity index (χ2v) is 8.48. The summed E-state index contributed by atoms with van der Waals surface area (Å²) in [4.78, 5) is 11.2. The van der Waals surface area contributed by atoms with Gasteiger partial charge in [-0.1, -0.05) is 32.9 Å². The minimum absolute atomic E-state index is 0.0425. The molecule has 1 aliphatic heterocycles. The number of β-amino-alcohol motifs (C(OH)–C–C–N with tert-alkyl or cyclic N) is 1. The van der Waals surface area contributed by atoms with Crippen molar-refractivity contribution in [1.29, 1.82) is 0 Å². The summed E-state index contributed by atoms with van der Waals surface area (Å²) in [7, 11) is -3.94. The van der Waals surface area contributed by atoms with Gasteiger partial charge in [-0.25, -0.2) is 8.42 Å². The Balaban J connectivity index is 2.36. The van der Waals surface area contributed by atoms with Gasteiger partial charge in [-0.05, 0) is 23.1 Å². The highest BCUT2D eigenvalue weighted by atomic mass is 32.2. The summed E-state index contributed by atoms with van der Waals surface area (Å²) in [6.07, 6.45) is -1.04. The van der Waals surface area contributed by atoms with Crippen LogP contribution in [0.15, 0.2) is 29.2 Å². The summed E-state index contributed by atoms with van der Waals surface area (Å²) < 4.78 is 26.1. The average Bonchev–Trinajstić information content (AvgIpc) is 2.81. The van der Waals surface area contributed by atoms with Crippen LogP contribution in [0, 0.1) is 0 Å². The standard InChI is InChI=1S/C15H21NO5S/c1-15(2,3)10-4-6-12(7-5-10)22(20,21)16-9-11(17)8-13(16)14(18)19/h4-7,11,13,17H,8-9H2,1-3H3,(H,18,19)/t11-,13+/m1/s1. The van der Waals surface area contributed by atoms with Gasteiger partial charge in [0.1, 0.15) is 6.04 Å². The summed E-state index contributed by atoms with van der Waals surface area (Å²) >= 11 is 0. The van der Waals surface area contributed by atoms with Crippen LogP contribution in [0.25, 0.3) is 0 Å². The lowest BCUT2D eigenvalue weighted by atomic mass is 9.87. The fraction of sp³-hybridized carbons (Fsp3) is 0.533. The molecule has 1 aromatic carbocycles. The first-order valence-corrected chi connectivity index (χ1v) is 8.51. The zero-order valence-corrected chi connectivity index (χ0v) is 13.7. The zero-order valence-electron chi connectivity index (χ0n) is 12.9. The number of rotatable bonds is 3. The van der Waals surface area contributed by atoms with Gasteiger partial charge in [0.05, 0.1) is 11.0 Å². The maximum absolute atomic E-state index is 12.6. The molecule has 0 spiro atoms. The van der Waals surface area contributed by atoms with E-state index in [0.29, 0.717) is 0 Å². The number of sulfonamides is 1. The second kappa shape index (κ2) is 5.64. The van der Waals surface area contributed by atoms with Gasteiger partial charge in [-0.3, -0.25) is 4.79 Å². The van der Waals surface area contributed by atoms with E-state index in [1.54, 1.807) is 12.1 Å². The third kappa shape index (κ3) is 3.16. The van der Waals surface area contributed by atoms with Crippen molar-refractivity contribution in [3.8, 4) is 0 Å². The van der Waals surface area contributed by atoms with E-state index in [4.69, 9.17) is 5.11 Å². The molecule has 1 fully saturated rings. The molecule has 2 atom stereocenters. The molecule has 1 saturated heterocycles. The summed E-state index contributed by atoms with van der Waals surface area (Å²) in [6.45, 7) is 5.87. The van der Waals surface area contributed by atoms with Crippen molar-refractivity contribution in [1.82, 2.24) is 4.31 Å². The number of aliphatic hydroxyl groups excluding tert-OH is 1. The smallest absolute Gasteiger partial charge is 0.322 e. The first kappa shape index (κ1) is 16.9. The molecule has 0 unspecified atom stereocenters. The van der Waals surface area contributed by atoms with Crippen molar-refractivity contribution in [2.75, 3.05) is 6.54 Å². The van der Waals surface area contributed by atoms with Crippen LogP contribution in [0.2, 0.25) is 0 Å². The van der Waals surface area contributed by atoms with E-state index in [1.165, 1.54) is 12.1 Å². The van der Waals surface area contributed by atoms with Gasteiger partial charge in [0, 0.05) is 13.0 Å². The third-order valence-corrected chi connectivity index (χ3v) is 5.73. The maximum atomic E-state index is 12.6. The number of aliphatic carboxylic acids is 1. The molecule has 0 amide bonds. The fourth-order valence-corrected chi connectivity index (χ4v) is 4.17. The van der Waals surface area contributed by atoms with E-state index < -0.39 is 28.1 Å². The molecular formula is C15H21NO5S. The molecule has 1 heterocycles. The van der Waals surface area contributed by atoms with Crippen molar-refractivity contribution in [2.45, 2.75) is 49.6 Å². The molecule has 2 rings (SSSR count). The Hall–Kier alpha value is -1.44. The van der Waals surface area contributed by atoms with Crippen molar-refractivity contribution >= 4 is 16.0 Å². The fourth-order valence-electron chi connectivity index (χ4n) is 2.54.